The Hall–Kier alpha value is -0.830. The molecule has 8 heteroatoms. The second-order valence-corrected chi connectivity index (χ2v) is 8.43. The van der Waals surface area contributed by atoms with E-state index in [1.54, 1.807) is 6.07 Å². The number of ether oxygens (including phenoxy) is 2. The van der Waals surface area contributed by atoms with Gasteiger partial charge >= 0.3 is 0 Å². The number of hydrogen-bond acceptors (Lipinski definition) is 5. The van der Waals surface area contributed by atoms with Crippen molar-refractivity contribution in [1.82, 2.24) is 9.21 Å². The molecule has 0 atom stereocenters. The van der Waals surface area contributed by atoms with Gasteiger partial charge in [-0.25, -0.2) is 8.42 Å². The van der Waals surface area contributed by atoms with Gasteiger partial charge in [0.25, 0.3) is 0 Å². The van der Waals surface area contributed by atoms with E-state index in [-0.39, 0.29) is 4.90 Å². The first-order chi connectivity index (χ1) is 10.8. The first-order valence-electron chi connectivity index (χ1n) is 7.47. The SMILES string of the molecule is COc1cc(S(=O)(=O)N2CCN(C(C)C)CC2)c(OC)cc1Br. The van der Waals surface area contributed by atoms with Gasteiger partial charge in [-0.3, -0.25) is 4.90 Å². The second-order valence-electron chi connectivity index (χ2n) is 5.67. The van der Waals surface area contributed by atoms with Crippen molar-refractivity contribution in [2.75, 3.05) is 40.4 Å². The summed E-state index contributed by atoms with van der Waals surface area (Å²) in [7, 11) is -0.656. The molecule has 130 valence electrons. The van der Waals surface area contributed by atoms with Crippen LogP contribution in [0.4, 0.5) is 0 Å². The molecule has 0 radical (unpaired) electrons. The summed E-state index contributed by atoms with van der Waals surface area (Å²) >= 11 is 3.35. The number of halogens is 1. The van der Waals surface area contributed by atoms with Crippen molar-refractivity contribution in [3.05, 3.63) is 16.6 Å². The quantitative estimate of drug-likeness (QED) is 0.749. The zero-order chi connectivity index (χ0) is 17.2. The highest BCUT2D eigenvalue weighted by Crippen LogP contribution is 2.36. The summed E-state index contributed by atoms with van der Waals surface area (Å²) in [6, 6.07) is 3.55. The van der Waals surface area contributed by atoms with Crippen molar-refractivity contribution >= 4 is 26.0 Å². The summed E-state index contributed by atoms with van der Waals surface area (Å²) in [5.41, 5.74) is 0. The molecule has 1 aromatic rings. The van der Waals surface area contributed by atoms with Crippen LogP contribution >= 0.6 is 15.9 Å². The summed E-state index contributed by atoms with van der Waals surface area (Å²) in [5.74, 6) is 0.772. The van der Waals surface area contributed by atoms with E-state index in [2.05, 4.69) is 34.7 Å². The van der Waals surface area contributed by atoms with Gasteiger partial charge in [-0.05, 0) is 35.8 Å². The maximum absolute atomic E-state index is 13.0. The lowest BCUT2D eigenvalue weighted by molar-refractivity contribution is 0.154. The predicted octanol–water partition coefficient (Wildman–Crippen LogP) is 2.18. The third-order valence-corrected chi connectivity index (χ3v) is 6.60. The number of piperazine rings is 1. The fourth-order valence-corrected chi connectivity index (χ4v) is 4.69. The molecular formula is C15H23BrN2O4S. The van der Waals surface area contributed by atoms with E-state index in [9.17, 15) is 8.42 Å². The molecular weight excluding hydrogens is 384 g/mol. The van der Waals surface area contributed by atoms with E-state index >= 15 is 0 Å². The highest BCUT2D eigenvalue weighted by Gasteiger charge is 2.32. The van der Waals surface area contributed by atoms with Crippen molar-refractivity contribution in [2.24, 2.45) is 0 Å². The minimum atomic E-state index is -3.62. The highest BCUT2D eigenvalue weighted by atomic mass is 79.9. The molecule has 0 unspecified atom stereocenters. The normalized spacial score (nSPS) is 17.5. The lowest BCUT2D eigenvalue weighted by Gasteiger charge is -2.36. The van der Waals surface area contributed by atoms with Crippen LogP contribution in [-0.4, -0.2) is 64.1 Å². The van der Waals surface area contributed by atoms with E-state index in [0.29, 0.717) is 35.1 Å². The minimum absolute atomic E-state index is 0.137. The molecule has 0 saturated carbocycles. The Morgan fingerprint density at radius 3 is 2.09 bits per heavy atom. The molecule has 0 aromatic heterocycles. The van der Waals surface area contributed by atoms with Gasteiger partial charge in [0.1, 0.15) is 16.4 Å². The fourth-order valence-electron chi connectivity index (χ4n) is 2.63. The van der Waals surface area contributed by atoms with E-state index < -0.39 is 10.0 Å². The third kappa shape index (κ3) is 3.81. The number of nitrogens with zero attached hydrogens (tertiary/aromatic N) is 2. The van der Waals surface area contributed by atoms with Crippen LogP contribution in [0.3, 0.4) is 0 Å². The maximum atomic E-state index is 13.0. The molecule has 1 heterocycles. The van der Waals surface area contributed by atoms with E-state index in [0.717, 1.165) is 13.1 Å². The summed E-state index contributed by atoms with van der Waals surface area (Å²) < 4.78 is 38.6. The Morgan fingerprint density at radius 2 is 1.61 bits per heavy atom. The summed E-state index contributed by atoms with van der Waals surface area (Å²) in [4.78, 5) is 2.41. The molecule has 0 spiro atoms. The predicted molar refractivity (Wildman–Crippen MR) is 92.7 cm³/mol. The number of methoxy groups -OCH3 is 2. The fraction of sp³-hybridized carbons (Fsp3) is 0.600. The van der Waals surface area contributed by atoms with Crippen LogP contribution in [0.25, 0.3) is 0 Å². The molecule has 0 bridgehead atoms. The number of benzene rings is 1. The van der Waals surface area contributed by atoms with Crippen LogP contribution in [0.15, 0.2) is 21.5 Å². The summed E-state index contributed by atoms with van der Waals surface area (Å²) in [6.45, 7) is 6.64. The Morgan fingerprint density at radius 1 is 1.04 bits per heavy atom. The van der Waals surface area contributed by atoms with E-state index in [1.165, 1.54) is 24.6 Å². The van der Waals surface area contributed by atoms with Crippen molar-refractivity contribution in [1.29, 1.82) is 0 Å². The molecule has 1 aromatic carbocycles. The molecule has 0 N–H and O–H groups in total. The van der Waals surface area contributed by atoms with Gasteiger partial charge in [-0.1, -0.05) is 0 Å². The Labute approximate surface area is 146 Å². The monoisotopic (exact) mass is 406 g/mol. The number of sulfonamides is 1. The van der Waals surface area contributed by atoms with E-state index in [1.807, 2.05) is 0 Å². The highest BCUT2D eigenvalue weighted by molar-refractivity contribution is 9.10. The Kier molecular flexibility index (Phi) is 5.94. The molecule has 2 rings (SSSR count). The minimum Gasteiger partial charge on any atom is -0.496 e. The van der Waals surface area contributed by atoms with Crippen molar-refractivity contribution in [3.63, 3.8) is 0 Å². The smallest absolute Gasteiger partial charge is 0.246 e. The van der Waals surface area contributed by atoms with Crippen molar-refractivity contribution in [3.8, 4) is 11.5 Å². The second kappa shape index (κ2) is 7.38. The summed E-state index contributed by atoms with van der Waals surface area (Å²) in [5, 5.41) is 0. The van der Waals surface area contributed by atoms with Gasteiger partial charge in [0.2, 0.25) is 10.0 Å². The Balaban J connectivity index is 2.33. The topological polar surface area (TPSA) is 59.1 Å². The van der Waals surface area contributed by atoms with Crippen LogP contribution in [-0.2, 0) is 10.0 Å². The molecule has 1 saturated heterocycles. The van der Waals surface area contributed by atoms with Crippen LogP contribution in [0.2, 0.25) is 0 Å². The first kappa shape index (κ1) is 18.5. The number of rotatable bonds is 5. The van der Waals surface area contributed by atoms with Crippen LogP contribution in [0, 0.1) is 0 Å². The average Bonchev–Trinajstić information content (AvgIpc) is 2.54. The van der Waals surface area contributed by atoms with Gasteiger partial charge in [0, 0.05) is 38.3 Å². The maximum Gasteiger partial charge on any atom is 0.246 e. The standard InChI is InChI=1S/C15H23BrN2O4S/c1-11(2)17-5-7-18(8-6-17)23(19,20)15-10-13(21-3)12(16)9-14(15)22-4/h9-11H,5-8H2,1-4H3. The van der Waals surface area contributed by atoms with Crippen LogP contribution in [0.5, 0.6) is 11.5 Å². The van der Waals surface area contributed by atoms with Crippen LogP contribution in [0.1, 0.15) is 13.8 Å². The first-order valence-corrected chi connectivity index (χ1v) is 9.70. The lowest BCUT2D eigenvalue weighted by Crippen LogP contribution is -2.50. The molecule has 23 heavy (non-hydrogen) atoms. The third-order valence-electron chi connectivity index (χ3n) is 4.06. The Bertz CT molecular complexity index is 656. The molecule has 0 aliphatic carbocycles. The van der Waals surface area contributed by atoms with Gasteiger partial charge in [0.15, 0.2) is 0 Å². The summed E-state index contributed by atoms with van der Waals surface area (Å²) in [6.07, 6.45) is 0. The zero-order valence-electron chi connectivity index (χ0n) is 13.9. The van der Waals surface area contributed by atoms with Gasteiger partial charge < -0.3 is 9.47 Å². The van der Waals surface area contributed by atoms with Crippen molar-refractivity contribution < 1.29 is 17.9 Å². The molecule has 1 aliphatic heterocycles. The molecule has 0 amide bonds. The largest absolute Gasteiger partial charge is 0.496 e. The average molecular weight is 407 g/mol. The zero-order valence-corrected chi connectivity index (χ0v) is 16.3. The van der Waals surface area contributed by atoms with Crippen LogP contribution < -0.4 is 9.47 Å². The lowest BCUT2D eigenvalue weighted by atomic mass is 10.3. The van der Waals surface area contributed by atoms with Gasteiger partial charge in [-0.15, -0.1) is 0 Å². The van der Waals surface area contributed by atoms with Crippen molar-refractivity contribution in [2.45, 2.75) is 24.8 Å². The van der Waals surface area contributed by atoms with Gasteiger partial charge in [0.05, 0.1) is 18.7 Å². The molecule has 1 aliphatic rings. The van der Waals surface area contributed by atoms with Gasteiger partial charge in [-0.2, -0.15) is 4.31 Å². The molecule has 6 nitrogen and oxygen atoms in total. The molecule has 1 fully saturated rings. The number of hydrogen-bond donors (Lipinski definition) is 0. The van der Waals surface area contributed by atoms with E-state index in [4.69, 9.17) is 9.47 Å².